The number of rotatable bonds is 1. The van der Waals surface area contributed by atoms with E-state index in [0.717, 1.165) is 5.56 Å². The molecule has 1 amide bonds. The van der Waals surface area contributed by atoms with E-state index < -0.39 is 12.0 Å². The number of aromatic hydroxyl groups is 1. The van der Waals surface area contributed by atoms with Gasteiger partial charge in [0, 0.05) is 0 Å². The van der Waals surface area contributed by atoms with Gasteiger partial charge in [-0.3, -0.25) is 10.2 Å². The number of carbonyl (C=O) groups is 1. The topological polar surface area (TPSA) is 95.6 Å². The van der Waals surface area contributed by atoms with E-state index in [4.69, 9.17) is 5.84 Å². The molecule has 5 heteroatoms. The predicted molar refractivity (Wildman–Crippen MR) is 57.2 cm³/mol. The summed E-state index contributed by atoms with van der Waals surface area (Å²) in [6.45, 7) is 0. The summed E-state index contributed by atoms with van der Waals surface area (Å²) in [5, 5.41) is 19.3. The lowest BCUT2D eigenvalue weighted by atomic mass is 9.81. The minimum atomic E-state index is -0.854. The first-order chi connectivity index (χ1) is 7.63. The molecule has 2 rings (SSSR count). The Balaban J connectivity index is 2.32. The zero-order chi connectivity index (χ0) is 11.7. The van der Waals surface area contributed by atoms with Crippen LogP contribution in [0.2, 0.25) is 0 Å². The first kappa shape index (κ1) is 10.9. The summed E-state index contributed by atoms with van der Waals surface area (Å²) in [5.41, 5.74) is 3.63. The fourth-order valence-electron chi connectivity index (χ4n) is 2.16. The Kier molecular flexibility index (Phi) is 2.80. The number of nitrogens with two attached hydrogens (primary N) is 1. The fraction of sp³-hybridized carbons (Fsp3) is 0.364. The molecular weight excluding hydrogens is 208 g/mol. The second-order valence-electron chi connectivity index (χ2n) is 3.98. The van der Waals surface area contributed by atoms with E-state index in [1.807, 2.05) is 0 Å². The number of benzene rings is 1. The number of amides is 1. The maximum absolute atomic E-state index is 11.4. The second-order valence-corrected chi connectivity index (χ2v) is 3.98. The van der Waals surface area contributed by atoms with Crippen molar-refractivity contribution in [2.24, 2.45) is 11.8 Å². The Morgan fingerprint density at radius 1 is 1.50 bits per heavy atom. The molecule has 5 nitrogen and oxygen atoms in total. The van der Waals surface area contributed by atoms with Crippen LogP contribution in [0.25, 0.3) is 0 Å². The monoisotopic (exact) mass is 222 g/mol. The Bertz CT molecular complexity index is 420. The third-order valence-electron chi connectivity index (χ3n) is 3.03. The van der Waals surface area contributed by atoms with Gasteiger partial charge in [-0.15, -0.1) is 0 Å². The van der Waals surface area contributed by atoms with Crippen molar-refractivity contribution >= 4 is 5.91 Å². The van der Waals surface area contributed by atoms with Crippen molar-refractivity contribution in [1.82, 2.24) is 5.43 Å². The predicted octanol–water partition coefficient (Wildman–Crippen LogP) is -0.0221. The van der Waals surface area contributed by atoms with E-state index >= 15 is 0 Å². The number of phenols is 1. The molecule has 0 fully saturated rings. The molecule has 1 aliphatic carbocycles. The molecule has 16 heavy (non-hydrogen) atoms. The van der Waals surface area contributed by atoms with Gasteiger partial charge in [0.2, 0.25) is 5.91 Å². The smallest absolute Gasteiger partial charge is 0.239 e. The van der Waals surface area contributed by atoms with Gasteiger partial charge in [-0.05, 0) is 36.1 Å². The summed E-state index contributed by atoms with van der Waals surface area (Å²) in [6.07, 6.45) is 0.326. The molecule has 0 saturated heterocycles. The highest BCUT2D eigenvalue weighted by molar-refractivity contribution is 5.79. The zero-order valence-electron chi connectivity index (χ0n) is 8.68. The van der Waals surface area contributed by atoms with E-state index in [2.05, 4.69) is 5.43 Å². The molecule has 86 valence electrons. The van der Waals surface area contributed by atoms with Gasteiger partial charge in [0.15, 0.2) is 0 Å². The number of hydrazine groups is 1. The van der Waals surface area contributed by atoms with Crippen LogP contribution in [0.1, 0.15) is 23.7 Å². The van der Waals surface area contributed by atoms with Crippen molar-refractivity contribution in [3.05, 3.63) is 29.3 Å². The van der Waals surface area contributed by atoms with Gasteiger partial charge in [0.1, 0.15) is 5.75 Å². The van der Waals surface area contributed by atoms with Crippen LogP contribution in [0.5, 0.6) is 5.75 Å². The number of carbonyl (C=O) groups excluding carboxylic acids is 1. The van der Waals surface area contributed by atoms with Gasteiger partial charge < -0.3 is 10.2 Å². The highest BCUT2D eigenvalue weighted by Crippen LogP contribution is 2.35. The van der Waals surface area contributed by atoms with Gasteiger partial charge in [0.25, 0.3) is 0 Å². The largest absolute Gasteiger partial charge is 0.508 e. The first-order valence-corrected chi connectivity index (χ1v) is 5.14. The fourth-order valence-corrected chi connectivity index (χ4v) is 2.16. The number of aliphatic hydroxyl groups is 1. The summed E-state index contributed by atoms with van der Waals surface area (Å²) in [4.78, 5) is 11.4. The van der Waals surface area contributed by atoms with Crippen molar-refractivity contribution in [2.45, 2.75) is 18.9 Å². The van der Waals surface area contributed by atoms with E-state index in [1.165, 1.54) is 6.07 Å². The molecule has 5 N–H and O–H groups in total. The van der Waals surface area contributed by atoms with Crippen molar-refractivity contribution in [3.8, 4) is 5.75 Å². The highest BCUT2D eigenvalue weighted by Gasteiger charge is 2.32. The number of aliphatic hydroxyl groups excluding tert-OH is 1. The number of aryl methyl sites for hydroxylation is 1. The summed E-state index contributed by atoms with van der Waals surface area (Å²) in [7, 11) is 0. The van der Waals surface area contributed by atoms with Crippen LogP contribution in [0.3, 0.4) is 0 Å². The van der Waals surface area contributed by atoms with Crippen LogP contribution in [-0.4, -0.2) is 16.1 Å². The molecule has 1 aromatic carbocycles. The van der Waals surface area contributed by atoms with Crippen LogP contribution in [0.4, 0.5) is 0 Å². The standard InChI is InChI=1S/C11H14N2O3/c12-13-11(16)9-3-1-6-5-7(14)2-4-8(6)10(9)15/h2,4-5,9-10,14-15H,1,3,12H2,(H,13,16)/t9-,10-/m1/s1. The van der Waals surface area contributed by atoms with Gasteiger partial charge in [-0.1, -0.05) is 6.07 Å². The third kappa shape index (κ3) is 1.75. The molecule has 0 bridgehead atoms. The van der Waals surface area contributed by atoms with E-state index in [0.29, 0.717) is 18.4 Å². The summed E-state index contributed by atoms with van der Waals surface area (Å²) in [6, 6.07) is 4.77. The lowest BCUT2D eigenvalue weighted by Crippen LogP contribution is -2.40. The minimum Gasteiger partial charge on any atom is -0.508 e. The summed E-state index contributed by atoms with van der Waals surface area (Å²) >= 11 is 0. The lowest BCUT2D eigenvalue weighted by molar-refractivity contribution is -0.129. The molecule has 1 aliphatic rings. The molecule has 0 aromatic heterocycles. The molecule has 0 saturated carbocycles. The number of hydrogen-bond donors (Lipinski definition) is 4. The summed E-state index contributed by atoms with van der Waals surface area (Å²) in [5.74, 6) is 4.36. The number of phenolic OH excluding ortho intramolecular Hbond substituents is 1. The van der Waals surface area contributed by atoms with Crippen LogP contribution >= 0.6 is 0 Å². The summed E-state index contributed by atoms with van der Waals surface area (Å²) < 4.78 is 0. The van der Waals surface area contributed by atoms with Crippen LogP contribution in [-0.2, 0) is 11.2 Å². The Morgan fingerprint density at radius 3 is 2.94 bits per heavy atom. The van der Waals surface area contributed by atoms with Crippen molar-refractivity contribution in [2.75, 3.05) is 0 Å². The number of hydrogen-bond acceptors (Lipinski definition) is 4. The Hall–Kier alpha value is -1.59. The molecule has 1 aromatic rings. The molecule has 2 atom stereocenters. The molecular formula is C11H14N2O3. The van der Waals surface area contributed by atoms with E-state index in [9.17, 15) is 15.0 Å². The number of fused-ring (bicyclic) bond motifs is 1. The Morgan fingerprint density at radius 2 is 2.25 bits per heavy atom. The first-order valence-electron chi connectivity index (χ1n) is 5.14. The maximum atomic E-state index is 11.4. The van der Waals surface area contributed by atoms with Crippen molar-refractivity contribution < 1.29 is 15.0 Å². The van der Waals surface area contributed by atoms with Gasteiger partial charge >= 0.3 is 0 Å². The average Bonchev–Trinajstić information content (AvgIpc) is 2.28. The van der Waals surface area contributed by atoms with Gasteiger partial charge in [-0.25, -0.2) is 5.84 Å². The normalized spacial score (nSPS) is 23.6. The SMILES string of the molecule is NNC(=O)[C@@H]1CCc2cc(O)ccc2[C@H]1O. The average molecular weight is 222 g/mol. The molecule has 0 radical (unpaired) electrons. The van der Waals surface area contributed by atoms with E-state index in [1.54, 1.807) is 12.1 Å². The maximum Gasteiger partial charge on any atom is 0.239 e. The molecule has 0 aliphatic heterocycles. The van der Waals surface area contributed by atoms with Crippen LogP contribution in [0.15, 0.2) is 18.2 Å². The van der Waals surface area contributed by atoms with Crippen LogP contribution in [0, 0.1) is 5.92 Å². The van der Waals surface area contributed by atoms with Crippen LogP contribution < -0.4 is 11.3 Å². The van der Waals surface area contributed by atoms with Crippen molar-refractivity contribution in [1.29, 1.82) is 0 Å². The van der Waals surface area contributed by atoms with Gasteiger partial charge in [-0.2, -0.15) is 0 Å². The highest BCUT2D eigenvalue weighted by atomic mass is 16.3. The third-order valence-corrected chi connectivity index (χ3v) is 3.03. The van der Waals surface area contributed by atoms with Crippen molar-refractivity contribution in [3.63, 3.8) is 0 Å². The van der Waals surface area contributed by atoms with Gasteiger partial charge in [0.05, 0.1) is 12.0 Å². The zero-order valence-corrected chi connectivity index (χ0v) is 8.68. The molecule has 0 spiro atoms. The minimum absolute atomic E-state index is 0.174. The van der Waals surface area contributed by atoms with E-state index in [-0.39, 0.29) is 11.7 Å². The quantitative estimate of drug-likeness (QED) is 0.305. The molecule has 0 heterocycles. The Labute approximate surface area is 92.9 Å². The second kappa shape index (κ2) is 4.11. The lowest BCUT2D eigenvalue weighted by Gasteiger charge is -2.28. The number of nitrogens with one attached hydrogen (secondary N) is 1. The molecule has 0 unspecified atom stereocenters.